The number of anilines is 2. The molecule has 0 saturated carbocycles. The third-order valence-electron chi connectivity index (χ3n) is 3.76. The summed E-state index contributed by atoms with van der Waals surface area (Å²) in [6, 6.07) is 22.3. The van der Waals surface area contributed by atoms with Gasteiger partial charge in [0.05, 0.1) is 4.90 Å². The van der Waals surface area contributed by atoms with Crippen LogP contribution in [0.25, 0.3) is 6.08 Å². The van der Waals surface area contributed by atoms with Crippen molar-refractivity contribution in [3.63, 3.8) is 0 Å². The van der Waals surface area contributed by atoms with E-state index in [0.717, 1.165) is 10.0 Å². The van der Waals surface area contributed by atoms with Crippen LogP contribution in [0.4, 0.5) is 11.4 Å². The van der Waals surface area contributed by atoms with Crippen molar-refractivity contribution in [1.82, 2.24) is 0 Å². The molecule has 1 amide bonds. The molecule has 5 nitrogen and oxygen atoms in total. The number of hydrogen-bond acceptors (Lipinski definition) is 3. The van der Waals surface area contributed by atoms with E-state index < -0.39 is 10.0 Å². The second-order valence-corrected chi connectivity index (χ2v) is 8.47. The van der Waals surface area contributed by atoms with Gasteiger partial charge in [0.2, 0.25) is 5.91 Å². The van der Waals surface area contributed by atoms with Gasteiger partial charge < -0.3 is 5.32 Å². The van der Waals surface area contributed by atoms with Crippen LogP contribution in [0.3, 0.4) is 0 Å². The quantitative estimate of drug-likeness (QED) is 0.517. The average Bonchev–Trinajstić information content (AvgIpc) is 2.69. The lowest BCUT2D eigenvalue weighted by molar-refractivity contribution is -0.111. The Bertz CT molecular complexity index is 1080. The minimum atomic E-state index is -3.71. The molecule has 0 aromatic heterocycles. The SMILES string of the molecule is O=C(/C=C/c1ccccc1)Nc1ccc(S(=O)(=O)Nc2ccc(Br)cc2)cc1. The monoisotopic (exact) mass is 456 g/mol. The van der Waals surface area contributed by atoms with Crippen molar-refractivity contribution in [2.45, 2.75) is 4.90 Å². The van der Waals surface area contributed by atoms with E-state index in [1.807, 2.05) is 30.3 Å². The number of rotatable bonds is 6. The lowest BCUT2D eigenvalue weighted by Gasteiger charge is -2.09. The fourth-order valence-electron chi connectivity index (χ4n) is 2.37. The van der Waals surface area contributed by atoms with E-state index >= 15 is 0 Å². The maximum absolute atomic E-state index is 12.5. The number of carbonyl (C=O) groups is 1. The molecular formula is C21H17BrN2O3S. The molecule has 0 fully saturated rings. The molecule has 0 aliphatic carbocycles. The van der Waals surface area contributed by atoms with Crippen molar-refractivity contribution in [2.75, 3.05) is 10.0 Å². The highest BCUT2D eigenvalue weighted by atomic mass is 79.9. The Kier molecular flexibility index (Phi) is 6.28. The number of amides is 1. The van der Waals surface area contributed by atoms with E-state index in [0.29, 0.717) is 11.4 Å². The fourth-order valence-corrected chi connectivity index (χ4v) is 3.69. The largest absolute Gasteiger partial charge is 0.323 e. The zero-order chi connectivity index (χ0) is 20.0. The summed E-state index contributed by atoms with van der Waals surface area (Å²) in [5.74, 6) is -0.299. The molecule has 3 rings (SSSR count). The van der Waals surface area contributed by atoms with Crippen LogP contribution >= 0.6 is 15.9 Å². The molecule has 28 heavy (non-hydrogen) atoms. The van der Waals surface area contributed by atoms with Crippen molar-refractivity contribution in [3.8, 4) is 0 Å². The van der Waals surface area contributed by atoms with Gasteiger partial charge in [0.15, 0.2) is 0 Å². The summed E-state index contributed by atoms with van der Waals surface area (Å²) in [5, 5.41) is 2.70. The van der Waals surface area contributed by atoms with Gasteiger partial charge in [-0.25, -0.2) is 8.42 Å². The summed E-state index contributed by atoms with van der Waals surface area (Å²) in [6.07, 6.45) is 3.13. The first-order valence-corrected chi connectivity index (χ1v) is 10.6. The number of carbonyl (C=O) groups excluding carboxylic acids is 1. The smallest absolute Gasteiger partial charge is 0.261 e. The predicted molar refractivity (Wildman–Crippen MR) is 115 cm³/mol. The van der Waals surface area contributed by atoms with Gasteiger partial charge in [0, 0.05) is 21.9 Å². The Balaban J connectivity index is 1.64. The highest BCUT2D eigenvalue weighted by molar-refractivity contribution is 9.10. The topological polar surface area (TPSA) is 75.3 Å². The predicted octanol–water partition coefficient (Wildman–Crippen LogP) is 4.90. The second kappa shape index (κ2) is 8.86. The second-order valence-electron chi connectivity index (χ2n) is 5.87. The van der Waals surface area contributed by atoms with Crippen LogP contribution in [0.5, 0.6) is 0 Å². The van der Waals surface area contributed by atoms with Crippen LogP contribution < -0.4 is 10.0 Å². The number of nitrogens with one attached hydrogen (secondary N) is 2. The highest BCUT2D eigenvalue weighted by Gasteiger charge is 2.14. The van der Waals surface area contributed by atoms with Gasteiger partial charge in [-0.2, -0.15) is 0 Å². The molecule has 0 aliphatic rings. The molecule has 0 unspecified atom stereocenters. The zero-order valence-electron chi connectivity index (χ0n) is 14.7. The van der Waals surface area contributed by atoms with Crippen molar-refractivity contribution in [3.05, 3.63) is 95.0 Å². The van der Waals surface area contributed by atoms with Crippen molar-refractivity contribution in [1.29, 1.82) is 0 Å². The van der Waals surface area contributed by atoms with Gasteiger partial charge in [0.1, 0.15) is 0 Å². The van der Waals surface area contributed by atoms with E-state index in [4.69, 9.17) is 0 Å². The molecule has 0 atom stereocenters. The maximum atomic E-state index is 12.5. The van der Waals surface area contributed by atoms with E-state index in [9.17, 15) is 13.2 Å². The van der Waals surface area contributed by atoms with Gasteiger partial charge in [-0.1, -0.05) is 46.3 Å². The minimum absolute atomic E-state index is 0.105. The minimum Gasteiger partial charge on any atom is -0.323 e. The molecule has 0 aliphatic heterocycles. The molecule has 0 radical (unpaired) electrons. The third-order valence-corrected chi connectivity index (χ3v) is 5.68. The normalized spacial score (nSPS) is 11.3. The number of sulfonamides is 1. The lowest BCUT2D eigenvalue weighted by atomic mass is 10.2. The van der Waals surface area contributed by atoms with Gasteiger partial charge in [-0.3, -0.25) is 9.52 Å². The Morgan fingerprint density at radius 3 is 2.07 bits per heavy atom. The van der Waals surface area contributed by atoms with Crippen LogP contribution in [0, 0.1) is 0 Å². The van der Waals surface area contributed by atoms with Gasteiger partial charge >= 0.3 is 0 Å². The summed E-state index contributed by atoms with van der Waals surface area (Å²) in [6.45, 7) is 0. The van der Waals surface area contributed by atoms with Gasteiger partial charge in [-0.05, 0) is 60.2 Å². The zero-order valence-corrected chi connectivity index (χ0v) is 17.1. The van der Waals surface area contributed by atoms with E-state index in [-0.39, 0.29) is 10.8 Å². The highest BCUT2D eigenvalue weighted by Crippen LogP contribution is 2.20. The fraction of sp³-hybridized carbons (Fsp3) is 0. The van der Waals surface area contributed by atoms with Crippen LogP contribution in [-0.2, 0) is 14.8 Å². The van der Waals surface area contributed by atoms with Crippen molar-refractivity contribution < 1.29 is 13.2 Å². The summed E-state index contributed by atoms with van der Waals surface area (Å²) in [5.41, 5.74) is 1.88. The molecule has 0 bridgehead atoms. The summed E-state index contributed by atoms with van der Waals surface area (Å²) in [4.78, 5) is 12.1. The Hall–Kier alpha value is -2.90. The average molecular weight is 457 g/mol. The van der Waals surface area contributed by atoms with Gasteiger partial charge in [0.25, 0.3) is 10.0 Å². The van der Waals surface area contributed by atoms with Crippen LogP contribution in [0.2, 0.25) is 0 Å². The molecule has 0 spiro atoms. The Morgan fingerprint density at radius 1 is 0.821 bits per heavy atom. The van der Waals surface area contributed by atoms with E-state index in [1.165, 1.54) is 18.2 Å². The molecular weight excluding hydrogens is 440 g/mol. The Morgan fingerprint density at radius 2 is 1.43 bits per heavy atom. The Labute approximate surface area is 172 Å². The summed E-state index contributed by atoms with van der Waals surface area (Å²) < 4.78 is 28.3. The first-order chi connectivity index (χ1) is 13.4. The number of hydrogen-bond donors (Lipinski definition) is 2. The lowest BCUT2D eigenvalue weighted by Crippen LogP contribution is -2.13. The summed E-state index contributed by atoms with van der Waals surface area (Å²) >= 11 is 3.31. The van der Waals surface area contributed by atoms with Crippen LogP contribution in [0.15, 0.2) is 94.3 Å². The maximum Gasteiger partial charge on any atom is 0.261 e. The van der Waals surface area contributed by atoms with Crippen LogP contribution in [0.1, 0.15) is 5.56 Å². The van der Waals surface area contributed by atoms with Crippen LogP contribution in [-0.4, -0.2) is 14.3 Å². The molecule has 0 saturated heterocycles. The third kappa shape index (κ3) is 5.55. The molecule has 7 heteroatoms. The van der Waals surface area contributed by atoms with Gasteiger partial charge in [-0.15, -0.1) is 0 Å². The molecule has 3 aromatic carbocycles. The van der Waals surface area contributed by atoms with E-state index in [1.54, 1.807) is 42.5 Å². The molecule has 2 N–H and O–H groups in total. The number of halogens is 1. The summed E-state index contributed by atoms with van der Waals surface area (Å²) in [7, 11) is -3.71. The van der Waals surface area contributed by atoms with E-state index in [2.05, 4.69) is 26.0 Å². The molecule has 3 aromatic rings. The molecule has 0 heterocycles. The number of benzene rings is 3. The first kappa shape index (κ1) is 19.9. The van der Waals surface area contributed by atoms with Crippen molar-refractivity contribution in [2.24, 2.45) is 0 Å². The van der Waals surface area contributed by atoms with Crippen molar-refractivity contribution >= 4 is 49.3 Å². The standard InChI is InChI=1S/C21H17BrN2O3S/c22-17-7-9-19(10-8-17)24-28(26,27)20-13-11-18(12-14-20)23-21(25)15-6-16-4-2-1-3-5-16/h1-15,24H,(H,23,25)/b15-6+. The molecule has 142 valence electrons. The first-order valence-electron chi connectivity index (χ1n) is 8.35.